The Labute approximate surface area is 134 Å². The topological polar surface area (TPSA) is 52.6 Å². The first-order chi connectivity index (χ1) is 10.6. The summed E-state index contributed by atoms with van der Waals surface area (Å²) in [6, 6.07) is 0. The molecule has 22 heavy (non-hydrogen) atoms. The molecule has 2 rings (SSSR count). The van der Waals surface area contributed by atoms with E-state index >= 15 is 0 Å². The van der Waals surface area contributed by atoms with E-state index in [1.807, 2.05) is 6.92 Å². The van der Waals surface area contributed by atoms with Crippen LogP contribution in [0.15, 0.2) is 0 Å². The number of hydrogen-bond donors (Lipinski definition) is 2. The molecule has 1 amide bonds. The van der Waals surface area contributed by atoms with Gasteiger partial charge in [0.1, 0.15) is 0 Å². The molecular formula is C18H30N2O2. The van der Waals surface area contributed by atoms with Crippen molar-refractivity contribution in [2.75, 3.05) is 26.2 Å². The lowest BCUT2D eigenvalue weighted by Gasteiger charge is -2.41. The fourth-order valence-electron chi connectivity index (χ4n) is 3.88. The normalized spacial score (nSPS) is 24.4. The van der Waals surface area contributed by atoms with E-state index in [1.54, 1.807) is 0 Å². The van der Waals surface area contributed by atoms with E-state index in [1.165, 1.54) is 19.3 Å². The number of piperidine rings is 1. The number of amides is 1. The standard InChI is InChI=1S/C18H30N2O2/c1-3-11-20-12-9-15(10-13-20)17(22)19-18(2,14-21)16-7-5-4-6-8-16/h1,15-16,21H,4-14H2,2H3,(H,19,22)/t18-/m1/s1. The van der Waals surface area contributed by atoms with Gasteiger partial charge in [0.2, 0.25) is 5.91 Å². The van der Waals surface area contributed by atoms with Gasteiger partial charge in [-0.3, -0.25) is 9.69 Å². The third-order valence-corrected chi connectivity index (χ3v) is 5.52. The number of hydrogen-bond acceptors (Lipinski definition) is 3. The van der Waals surface area contributed by atoms with Gasteiger partial charge in [0.15, 0.2) is 0 Å². The summed E-state index contributed by atoms with van der Waals surface area (Å²) < 4.78 is 0. The first kappa shape index (κ1) is 17.3. The summed E-state index contributed by atoms with van der Waals surface area (Å²) in [5.41, 5.74) is -0.465. The first-order valence-corrected chi connectivity index (χ1v) is 8.68. The van der Waals surface area contributed by atoms with Gasteiger partial charge < -0.3 is 10.4 Å². The molecule has 124 valence electrons. The molecule has 0 bridgehead atoms. The number of nitrogens with one attached hydrogen (secondary N) is 1. The zero-order chi connectivity index (χ0) is 16.0. The van der Waals surface area contributed by atoms with Crippen molar-refractivity contribution in [1.29, 1.82) is 0 Å². The lowest BCUT2D eigenvalue weighted by molar-refractivity contribution is -0.129. The number of aliphatic hydroxyl groups is 1. The Hall–Kier alpha value is -1.05. The summed E-state index contributed by atoms with van der Waals surface area (Å²) in [4.78, 5) is 14.8. The molecule has 0 aromatic carbocycles. The minimum atomic E-state index is -0.465. The van der Waals surface area contributed by atoms with Crippen LogP contribution in [0.25, 0.3) is 0 Å². The predicted molar refractivity (Wildman–Crippen MR) is 88.2 cm³/mol. The van der Waals surface area contributed by atoms with Crippen LogP contribution in [0.2, 0.25) is 0 Å². The molecule has 2 aliphatic rings. The third kappa shape index (κ3) is 4.24. The summed E-state index contributed by atoms with van der Waals surface area (Å²) in [7, 11) is 0. The molecule has 1 aliphatic carbocycles. The van der Waals surface area contributed by atoms with Gasteiger partial charge in [-0.2, -0.15) is 0 Å². The van der Waals surface area contributed by atoms with Crippen LogP contribution in [-0.4, -0.2) is 47.7 Å². The van der Waals surface area contributed by atoms with Crippen molar-refractivity contribution in [1.82, 2.24) is 10.2 Å². The molecule has 4 heteroatoms. The van der Waals surface area contributed by atoms with Gasteiger partial charge >= 0.3 is 0 Å². The Morgan fingerprint density at radius 1 is 1.27 bits per heavy atom. The van der Waals surface area contributed by atoms with Gasteiger partial charge in [0.05, 0.1) is 18.7 Å². The van der Waals surface area contributed by atoms with Crippen molar-refractivity contribution in [3.05, 3.63) is 0 Å². The maximum absolute atomic E-state index is 12.6. The van der Waals surface area contributed by atoms with Crippen LogP contribution in [0, 0.1) is 24.2 Å². The lowest BCUT2D eigenvalue weighted by Crippen LogP contribution is -2.56. The van der Waals surface area contributed by atoms with Crippen LogP contribution >= 0.6 is 0 Å². The molecule has 1 aliphatic heterocycles. The van der Waals surface area contributed by atoms with Gasteiger partial charge in [0, 0.05) is 5.92 Å². The van der Waals surface area contributed by atoms with Gasteiger partial charge in [0.25, 0.3) is 0 Å². The van der Waals surface area contributed by atoms with Crippen molar-refractivity contribution >= 4 is 5.91 Å². The molecule has 2 N–H and O–H groups in total. The molecule has 0 radical (unpaired) electrons. The first-order valence-electron chi connectivity index (χ1n) is 8.68. The highest BCUT2D eigenvalue weighted by atomic mass is 16.3. The minimum absolute atomic E-state index is 0.0271. The Morgan fingerprint density at radius 2 is 1.91 bits per heavy atom. The molecule has 1 saturated carbocycles. The second kappa shape index (κ2) is 7.99. The van der Waals surface area contributed by atoms with E-state index in [-0.39, 0.29) is 18.4 Å². The average molecular weight is 306 g/mol. The molecule has 0 spiro atoms. The number of nitrogens with zero attached hydrogens (tertiary/aromatic N) is 1. The Morgan fingerprint density at radius 3 is 2.45 bits per heavy atom. The molecule has 1 heterocycles. The Bertz CT molecular complexity index is 404. The summed E-state index contributed by atoms with van der Waals surface area (Å²) in [5.74, 6) is 3.24. The summed E-state index contributed by atoms with van der Waals surface area (Å²) >= 11 is 0. The Kier molecular flexibility index (Phi) is 6.28. The van der Waals surface area contributed by atoms with Crippen molar-refractivity contribution in [2.24, 2.45) is 11.8 Å². The number of aliphatic hydroxyl groups excluding tert-OH is 1. The van der Waals surface area contributed by atoms with Crippen molar-refractivity contribution in [3.63, 3.8) is 0 Å². The quantitative estimate of drug-likeness (QED) is 0.761. The molecule has 1 atom stereocenters. The van der Waals surface area contributed by atoms with Crippen LogP contribution in [0.1, 0.15) is 51.9 Å². The van der Waals surface area contributed by atoms with Crippen molar-refractivity contribution < 1.29 is 9.90 Å². The molecule has 1 saturated heterocycles. The van der Waals surface area contributed by atoms with Gasteiger partial charge in [-0.05, 0) is 51.6 Å². The molecule has 0 aromatic rings. The zero-order valence-corrected chi connectivity index (χ0v) is 13.8. The molecule has 4 nitrogen and oxygen atoms in total. The number of likely N-dealkylation sites (tertiary alicyclic amines) is 1. The monoisotopic (exact) mass is 306 g/mol. The molecular weight excluding hydrogens is 276 g/mol. The van der Waals surface area contributed by atoms with Gasteiger partial charge in [-0.15, -0.1) is 6.42 Å². The van der Waals surface area contributed by atoms with Gasteiger partial charge in [-0.25, -0.2) is 0 Å². The smallest absolute Gasteiger partial charge is 0.223 e. The van der Waals surface area contributed by atoms with E-state index in [9.17, 15) is 9.90 Å². The van der Waals surface area contributed by atoms with Crippen LogP contribution < -0.4 is 5.32 Å². The summed E-state index contributed by atoms with van der Waals surface area (Å²) in [6.07, 6.45) is 13.0. The molecule has 0 aromatic heterocycles. The average Bonchev–Trinajstić information content (AvgIpc) is 2.56. The highest BCUT2D eigenvalue weighted by Gasteiger charge is 2.37. The van der Waals surface area contributed by atoms with Crippen LogP contribution in [0.4, 0.5) is 0 Å². The fourth-order valence-corrected chi connectivity index (χ4v) is 3.88. The van der Waals surface area contributed by atoms with Crippen LogP contribution in [0.5, 0.6) is 0 Å². The van der Waals surface area contributed by atoms with E-state index in [0.717, 1.165) is 38.8 Å². The third-order valence-electron chi connectivity index (χ3n) is 5.52. The molecule has 2 fully saturated rings. The van der Waals surface area contributed by atoms with Crippen LogP contribution in [0.3, 0.4) is 0 Å². The van der Waals surface area contributed by atoms with Crippen LogP contribution in [-0.2, 0) is 4.79 Å². The SMILES string of the molecule is C#CCN1CCC(C(=O)N[C@](C)(CO)C2CCCCC2)CC1. The highest BCUT2D eigenvalue weighted by molar-refractivity contribution is 5.79. The van der Waals surface area contributed by atoms with Crippen molar-refractivity contribution in [2.45, 2.75) is 57.4 Å². The number of rotatable bonds is 5. The van der Waals surface area contributed by atoms with E-state index < -0.39 is 5.54 Å². The number of terminal acetylenes is 1. The van der Waals surface area contributed by atoms with E-state index in [4.69, 9.17) is 6.42 Å². The van der Waals surface area contributed by atoms with E-state index in [0.29, 0.717) is 12.5 Å². The maximum Gasteiger partial charge on any atom is 0.223 e. The highest BCUT2D eigenvalue weighted by Crippen LogP contribution is 2.33. The zero-order valence-electron chi connectivity index (χ0n) is 13.8. The fraction of sp³-hybridized carbons (Fsp3) is 0.833. The number of carbonyl (C=O) groups is 1. The van der Waals surface area contributed by atoms with E-state index in [2.05, 4.69) is 16.1 Å². The molecule has 0 unspecified atom stereocenters. The summed E-state index contributed by atoms with van der Waals surface area (Å²) in [5, 5.41) is 13.0. The van der Waals surface area contributed by atoms with Gasteiger partial charge in [-0.1, -0.05) is 25.2 Å². The van der Waals surface area contributed by atoms with Crippen molar-refractivity contribution in [3.8, 4) is 12.3 Å². The second-order valence-electron chi connectivity index (χ2n) is 7.15. The lowest BCUT2D eigenvalue weighted by atomic mass is 9.75. The summed E-state index contributed by atoms with van der Waals surface area (Å²) in [6.45, 7) is 4.49. The predicted octanol–water partition coefficient (Wildman–Crippen LogP) is 1.78. The number of carbonyl (C=O) groups excluding carboxylic acids is 1. The maximum atomic E-state index is 12.6. The second-order valence-corrected chi connectivity index (χ2v) is 7.15. The largest absolute Gasteiger partial charge is 0.394 e. The minimum Gasteiger partial charge on any atom is -0.394 e. The Balaban J connectivity index is 1.88.